The molecule has 0 spiro atoms. The molecule has 0 unspecified atom stereocenters. The predicted octanol–water partition coefficient (Wildman–Crippen LogP) is 8.86. The van der Waals surface area contributed by atoms with Gasteiger partial charge in [0.05, 0.1) is 20.6 Å². The molecule has 0 amide bonds. The number of pyridine rings is 1. The number of hydrogen-bond donors (Lipinski definition) is 0. The second-order valence-electron chi connectivity index (χ2n) is 9.40. The maximum absolute atomic E-state index is 5.30. The van der Waals surface area contributed by atoms with Crippen LogP contribution in [0.15, 0.2) is 36.4 Å². The van der Waals surface area contributed by atoms with Gasteiger partial charge in [-0.05, 0) is 72.7 Å². The normalized spacial score (nSPS) is 12.5. The molecule has 0 bridgehead atoms. The van der Waals surface area contributed by atoms with Gasteiger partial charge in [-0.2, -0.15) is 0 Å². The number of hydrogen-bond acceptors (Lipinski definition) is 3. The maximum Gasteiger partial charge on any atom is 0.0889 e. The number of nitrogens with zero attached hydrogens (tertiary/aromatic N) is 1. The first-order valence-corrected chi connectivity index (χ1v) is 12.1. The fraction of sp³-hybridized carbons (Fsp3) is 0.296. The van der Waals surface area contributed by atoms with E-state index in [-0.39, 0.29) is 5.41 Å². The quantitative estimate of drug-likeness (QED) is 0.259. The molecule has 0 aliphatic heterocycles. The molecule has 152 valence electrons. The molecule has 5 rings (SSSR count). The van der Waals surface area contributed by atoms with Crippen LogP contribution in [0.1, 0.15) is 47.2 Å². The van der Waals surface area contributed by atoms with Crippen LogP contribution in [-0.4, -0.2) is 4.98 Å². The maximum atomic E-state index is 5.30. The summed E-state index contributed by atoms with van der Waals surface area (Å²) in [6, 6.07) is 13.5. The van der Waals surface area contributed by atoms with Crippen molar-refractivity contribution in [1.29, 1.82) is 0 Å². The van der Waals surface area contributed by atoms with Crippen molar-refractivity contribution in [3.8, 4) is 11.3 Å². The van der Waals surface area contributed by atoms with Crippen molar-refractivity contribution >= 4 is 53.7 Å². The van der Waals surface area contributed by atoms with Gasteiger partial charge in [0.25, 0.3) is 0 Å². The highest BCUT2D eigenvalue weighted by molar-refractivity contribution is 7.23. The van der Waals surface area contributed by atoms with Gasteiger partial charge in [-0.25, -0.2) is 4.98 Å². The number of benzene rings is 2. The second kappa shape index (κ2) is 6.63. The zero-order valence-electron chi connectivity index (χ0n) is 18.7. The van der Waals surface area contributed by atoms with Crippen LogP contribution in [0.5, 0.6) is 0 Å². The first-order valence-electron chi connectivity index (χ1n) is 10.5. The summed E-state index contributed by atoms with van der Waals surface area (Å²) < 4.78 is 2.68. The Hall–Kier alpha value is -2.23. The minimum Gasteiger partial charge on any atom is -0.245 e. The van der Waals surface area contributed by atoms with Gasteiger partial charge in [0.1, 0.15) is 0 Å². The Labute approximate surface area is 186 Å². The van der Waals surface area contributed by atoms with Gasteiger partial charge < -0.3 is 0 Å². The zero-order chi connectivity index (χ0) is 21.4. The molecule has 0 saturated carbocycles. The van der Waals surface area contributed by atoms with Crippen molar-refractivity contribution in [2.75, 3.05) is 0 Å². The minimum absolute atomic E-state index is 0.0645. The van der Waals surface area contributed by atoms with Gasteiger partial charge in [0.15, 0.2) is 0 Å². The fourth-order valence-corrected chi connectivity index (χ4v) is 6.86. The van der Waals surface area contributed by atoms with E-state index in [0.29, 0.717) is 0 Å². The molecule has 0 saturated heterocycles. The first-order chi connectivity index (χ1) is 14.2. The summed E-state index contributed by atoms with van der Waals surface area (Å²) in [5, 5.41) is 4.04. The van der Waals surface area contributed by atoms with E-state index in [1.54, 1.807) is 0 Å². The molecule has 5 aromatic rings. The highest BCUT2D eigenvalue weighted by Gasteiger charge is 2.22. The molecule has 0 atom stereocenters. The van der Waals surface area contributed by atoms with E-state index in [1.165, 1.54) is 63.1 Å². The molecular weight excluding hydrogens is 402 g/mol. The van der Waals surface area contributed by atoms with Gasteiger partial charge in [-0.3, -0.25) is 0 Å². The lowest BCUT2D eigenvalue weighted by molar-refractivity contribution is 0.596. The van der Waals surface area contributed by atoms with Gasteiger partial charge in [0, 0.05) is 20.7 Å². The van der Waals surface area contributed by atoms with E-state index in [9.17, 15) is 0 Å². The molecule has 1 nitrogen and oxygen atoms in total. The largest absolute Gasteiger partial charge is 0.245 e. The Morgan fingerprint density at radius 3 is 2.20 bits per heavy atom. The number of thiophene rings is 2. The molecule has 2 aromatic carbocycles. The van der Waals surface area contributed by atoms with Crippen LogP contribution < -0.4 is 0 Å². The summed E-state index contributed by atoms with van der Waals surface area (Å²) in [6.45, 7) is 15.8. The minimum atomic E-state index is 0.0645. The molecule has 0 aliphatic rings. The van der Waals surface area contributed by atoms with E-state index >= 15 is 0 Å². The van der Waals surface area contributed by atoms with Gasteiger partial charge in [0.2, 0.25) is 0 Å². The summed E-state index contributed by atoms with van der Waals surface area (Å²) in [7, 11) is 0. The third kappa shape index (κ3) is 2.83. The first kappa shape index (κ1) is 19.7. The molecule has 3 heteroatoms. The topological polar surface area (TPSA) is 12.9 Å². The molecule has 0 fully saturated rings. The van der Waals surface area contributed by atoms with Crippen molar-refractivity contribution in [1.82, 2.24) is 4.98 Å². The number of fused-ring (bicyclic) bond motifs is 4. The molecule has 0 N–H and O–H groups in total. The second-order valence-corrected chi connectivity index (χ2v) is 11.9. The molecule has 3 aromatic heterocycles. The van der Waals surface area contributed by atoms with E-state index < -0.39 is 0 Å². The van der Waals surface area contributed by atoms with Crippen LogP contribution in [0, 0.1) is 27.7 Å². The van der Waals surface area contributed by atoms with Gasteiger partial charge in [-0.15, -0.1) is 22.7 Å². The Morgan fingerprint density at radius 2 is 1.47 bits per heavy atom. The molecule has 30 heavy (non-hydrogen) atoms. The van der Waals surface area contributed by atoms with E-state index in [4.69, 9.17) is 4.98 Å². The van der Waals surface area contributed by atoms with Crippen molar-refractivity contribution in [2.45, 2.75) is 53.9 Å². The molecule has 0 aliphatic carbocycles. The van der Waals surface area contributed by atoms with Crippen molar-refractivity contribution in [2.24, 2.45) is 0 Å². The van der Waals surface area contributed by atoms with Crippen molar-refractivity contribution in [3.63, 3.8) is 0 Å². The summed E-state index contributed by atoms with van der Waals surface area (Å²) in [5.41, 5.74) is 7.71. The lowest BCUT2D eigenvalue weighted by Gasteiger charge is -2.23. The standard InChI is InChI=1S/C27H27NS2/c1-14-16(3)29-26-22(14)25-23(15(2)17(4)30-25)28-24(26)19-12-18-10-8-9-11-20(18)21(13-19)27(5,6)7/h8-13H,1-7H3. The monoisotopic (exact) mass is 429 g/mol. The van der Waals surface area contributed by atoms with Crippen LogP contribution in [0.3, 0.4) is 0 Å². The van der Waals surface area contributed by atoms with Crippen LogP contribution in [0.2, 0.25) is 0 Å². The van der Waals surface area contributed by atoms with Crippen LogP contribution in [0.25, 0.3) is 42.3 Å². The zero-order valence-corrected chi connectivity index (χ0v) is 20.4. The van der Waals surface area contributed by atoms with Crippen LogP contribution >= 0.6 is 22.7 Å². The summed E-state index contributed by atoms with van der Waals surface area (Å²) in [6.07, 6.45) is 0. The highest BCUT2D eigenvalue weighted by Crippen LogP contribution is 2.45. The Bertz CT molecular complexity index is 1460. The summed E-state index contributed by atoms with van der Waals surface area (Å²) >= 11 is 3.79. The smallest absolute Gasteiger partial charge is 0.0889 e. The van der Waals surface area contributed by atoms with Crippen LogP contribution in [0.4, 0.5) is 0 Å². The van der Waals surface area contributed by atoms with Gasteiger partial charge in [-0.1, -0.05) is 45.0 Å². The van der Waals surface area contributed by atoms with Gasteiger partial charge >= 0.3 is 0 Å². The third-order valence-corrected chi connectivity index (χ3v) is 8.78. The summed E-state index contributed by atoms with van der Waals surface area (Å²) in [5.74, 6) is 0. The molecular formula is C27H27NS2. The number of aryl methyl sites for hydroxylation is 4. The Morgan fingerprint density at radius 1 is 0.800 bits per heavy atom. The lowest BCUT2D eigenvalue weighted by Crippen LogP contribution is -2.12. The molecule has 3 heterocycles. The summed E-state index contributed by atoms with van der Waals surface area (Å²) in [4.78, 5) is 8.06. The molecule has 0 radical (unpaired) electrons. The van der Waals surface area contributed by atoms with E-state index in [2.05, 4.69) is 84.9 Å². The van der Waals surface area contributed by atoms with E-state index in [0.717, 1.165) is 5.69 Å². The number of rotatable bonds is 1. The fourth-order valence-electron chi connectivity index (χ4n) is 4.41. The predicted molar refractivity (Wildman–Crippen MR) is 136 cm³/mol. The lowest BCUT2D eigenvalue weighted by atomic mass is 9.82. The SMILES string of the molecule is Cc1sc2c(nc(-c3cc(C(C)(C)C)c4ccccc4c3)c3sc(C)c(C)c32)c1C. The average Bonchev–Trinajstić information content (AvgIpc) is 3.15. The highest BCUT2D eigenvalue weighted by atomic mass is 32.1. The van der Waals surface area contributed by atoms with E-state index in [1.807, 2.05) is 22.7 Å². The Balaban J connectivity index is 1.95. The van der Waals surface area contributed by atoms with Crippen molar-refractivity contribution in [3.05, 3.63) is 62.8 Å². The third-order valence-electron chi connectivity index (χ3n) is 6.35. The average molecular weight is 430 g/mol. The van der Waals surface area contributed by atoms with Crippen molar-refractivity contribution < 1.29 is 0 Å². The Kier molecular flexibility index (Phi) is 4.36. The number of aromatic nitrogens is 1. The van der Waals surface area contributed by atoms with Crippen LogP contribution in [-0.2, 0) is 5.41 Å².